The fourth-order valence-corrected chi connectivity index (χ4v) is 6.14. The highest BCUT2D eigenvalue weighted by Gasteiger charge is 2.53. The molecule has 0 saturated heterocycles. The Balaban J connectivity index is 1.62. The van der Waals surface area contributed by atoms with Crippen LogP contribution in [-0.4, -0.2) is 22.4 Å². The van der Waals surface area contributed by atoms with Crippen molar-refractivity contribution in [1.82, 2.24) is 9.97 Å². The molecule has 2 aromatic heterocycles. The smallest absolute Gasteiger partial charge is 0.223 e. The number of nitrogens with one attached hydrogen (secondary N) is 1. The number of pyridine rings is 2. The second-order valence-corrected chi connectivity index (χ2v) is 10.3. The Morgan fingerprint density at radius 2 is 2.03 bits per heavy atom. The summed E-state index contributed by atoms with van der Waals surface area (Å²) in [7, 11) is 0. The molecule has 35 heavy (non-hydrogen) atoms. The van der Waals surface area contributed by atoms with Gasteiger partial charge in [-0.05, 0) is 49.4 Å². The van der Waals surface area contributed by atoms with E-state index >= 15 is 4.39 Å². The molecular weight excluding hydrogens is 465 g/mol. The summed E-state index contributed by atoms with van der Waals surface area (Å²) < 4.78 is 16.0. The number of nitrogens with zero attached hydrogens (tertiary/aromatic N) is 3. The molecular formula is C27H25ClFN5O. The van der Waals surface area contributed by atoms with Crippen LogP contribution in [0.5, 0.6) is 0 Å². The Bertz CT molecular complexity index is 1420. The number of fused-ring (bicyclic) bond motifs is 2. The molecule has 1 amide bonds. The van der Waals surface area contributed by atoms with E-state index in [9.17, 15) is 4.79 Å². The van der Waals surface area contributed by atoms with E-state index in [4.69, 9.17) is 22.6 Å². The van der Waals surface area contributed by atoms with Gasteiger partial charge in [-0.2, -0.15) is 5.26 Å². The van der Waals surface area contributed by atoms with Crippen molar-refractivity contribution >= 4 is 23.3 Å². The Morgan fingerprint density at radius 3 is 2.74 bits per heavy atom. The lowest BCUT2D eigenvalue weighted by Crippen LogP contribution is -2.35. The minimum atomic E-state index is -0.620. The van der Waals surface area contributed by atoms with Crippen LogP contribution in [0.2, 0.25) is 5.02 Å². The molecule has 6 nitrogen and oxygen atoms in total. The number of halogens is 2. The summed E-state index contributed by atoms with van der Waals surface area (Å²) in [5.41, 5.74) is 8.78. The van der Waals surface area contributed by atoms with E-state index in [1.54, 1.807) is 36.7 Å². The Labute approximate surface area is 208 Å². The van der Waals surface area contributed by atoms with Crippen molar-refractivity contribution < 1.29 is 9.18 Å². The number of hydrogen-bond acceptors (Lipinski definition) is 5. The quantitative estimate of drug-likeness (QED) is 0.516. The van der Waals surface area contributed by atoms with Crippen molar-refractivity contribution in [2.75, 3.05) is 11.9 Å². The lowest BCUT2D eigenvalue weighted by atomic mass is 9.76. The average molecular weight is 490 g/mol. The van der Waals surface area contributed by atoms with Gasteiger partial charge >= 0.3 is 0 Å². The van der Waals surface area contributed by atoms with Crippen LogP contribution < -0.4 is 11.1 Å². The second kappa shape index (κ2) is 8.31. The lowest BCUT2D eigenvalue weighted by molar-refractivity contribution is -0.126. The highest BCUT2D eigenvalue weighted by molar-refractivity contribution is 6.34. The Kier molecular flexibility index (Phi) is 5.52. The number of carbonyl (C=O) groups excluding carboxylic acids is 1. The number of aromatic nitrogens is 2. The van der Waals surface area contributed by atoms with E-state index in [0.717, 1.165) is 23.1 Å². The zero-order valence-electron chi connectivity index (χ0n) is 19.6. The topological polar surface area (TPSA) is 105 Å². The van der Waals surface area contributed by atoms with Gasteiger partial charge in [0.15, 0.2) is 0 Å². The number of carbonyl (C=O) groups is 1. The van der Waals surface area contributed by atoms with Crippen molar-refractivity contribution in [2.45, 2.75) is 44.9 Å². The summed E-state index contributed by atoms with van der Waals surface area (Å²) in [5.74, 6) is -0.0942. The van der Waals surface area contributed by atoms with Gasteiger partial charge in [-0.3, -0.25) is 9.78 Å². The summed E-state index contributed by atoms with van der Waals surface area (Å²) in [6.45, 7) is 4.35. The predicted octanol–water partition coefficient (Wildman–Crippen LogP) is 5.32. The molecule has 3 N–H and O–H groups in total. The molecule has 1 aromatic carbocycles. The van der Waals surface area contributed by atoms with Crippen LogP contribution in [0.4, 0.5) is 10.2 Å². The highest BCUT2D eigenvalue weighted by Crippen LogP contribution is 2.57. The molecule has 2 atom stereocenters. The Hall–Kier alpha value is -3.50. The zero-order chi connectivity index (χ0) is 25.0. The van der Waals surface area contributed by atoms with Gasteiger partial charge in [-0.25, -0.2) is 9.37 Å². The summed E-state index contributed by atoms with van der Waals surface area (Å²) in [6.07, 6.45) is 5.38. The molecule has 1 aliphatic carbocycles. The third-order valence-electron chi connectivity index (χ3n) is 7.75. The summed E-state index contributed by atoms with van der Waals surface area (Å²) in [4.78, 5) is 21.1. The highest BCUT2D eigenvalue weighted by atomic mass is 35.5. The number of rotatable bonds is 4. The van der Waals surface area contributed by atoms with Crippen LogP contribution >= 0.6 is 11.6 Å². The average Bonchev–Trinajstić information content (AvgIpc) is 3.37. The van der Waals surface area contributed by atoms with Crippen LogP contribution in [0.1, 0.15) is 42.9 Å². The maximum atomic E-state index is 16.0. The molecule has 0 bridgehead atoms. The molecule has 1 fully saturated rings. The van der Waals surface area contributed by atoms with E-state index in [-0.39, 0.29) is 17.7 Å². The fourth-order valence-electron chi connectivity index (χ4n) is 5.70. The first-order valence-corrected chi connectivity index (χ1v) is 11.9. The van der Waals surface area contributed by atoms with E-state index < -0.39 is 11.2 Å². The molecule has 3 heterocycles. The van der Waals surface area contributed by atoms with Crippen LogP contribution in [0.15, 0.2) is 36.7 Å². The number of nitriles is 1. The van der Waals surface area contributed by atoms with E-state index in [1.165, 1.54) is 0 Å². The monoisotopic (exact) mass is 489 g/mol. The molecule has 178 valence electrons. The summed E-state index contributed by atoms with van der Waals surface area (Å²) >= 11 is 6.98. The third kappa shape index (κ3) is 3.55. The van der Waals surface area contributed by atoms with Crippen molar-refractivity contribution in [3.8, 4) is 28.5 Å². The van der Waals surface area contributed by atoms with Gasteiger partial charge in [0.1, 0.15) is 11.6 Å². The number of hydrogen-bond donors (Lipinski definition) is 2. The first kappa shape index (κ1) is 23.3. The van der Waals surface area contributed by atoms with Gasteiger partial charge in [0.2, 0.25) is 5.91 Å². The van der Waals surface area contributed by atoms with Gasteiger partial charge in [0.05, 0.1) is 23.2 Å². The summed E-state index contributed by atoms with van der Waals surface area (Å²) in [5, 5.41) is 12.9. The molecule has 8 heteroatoms. The predicted molar refractivity (Wildman–Crippen MR) is 133 cm³/mol. The SMILES string of the molecule is Cc1c(CC#N)ccnc1-c1cccc(-c2cnc3c(c2Cl)[C@@]2(CC[C@](C)(C(N)=O)C2)CN3)c1F. The molecule has 1 saturated carbocycles. The zero-order valence-corrected chi connectivity index (χ0v) is 20.3. The van der Waals surface area contributed by atoms with Crippen LogP contribution in [-0.2, 0) is 16.6 Å². The van der Waals surface area contributed by atoms with Gasteiger partial charge in [0, 0.05) is 52.0 Å². The van der Waals surface area contributed by atoms with Gasteiger partial charge in [0.25, 0.3) is 0 Å². The Morgan fingerprint density at radius 1 is 1.26 bits per heavy atom. The minimum Gasteiger partial charge on any atom is -0.369 e. The van der Waals surface area contributed by atoms with Crippen molar-refractivity contribution in [1.29, 1.82) is 5.26 Å². The standard InChI is InChI=1S/C27H25ClFN5O/c1-15-16(6-10-30)7-11-32-23(15)18-5-3-4-17(22(18)29)19-12-33-24-20(21(19)28)27(14-34-24)9-8-26(2,13-27)25(31)35/h3-5,7,11-12H,6,8-9,13-14H2,1-2H3,(H2,31,35)(H,33,34)/t26-,27+/m0/s1. The van der Waals surface area contributed by atoms with Crippen molar-refractivity contribution in [2.24, 2.45) is 11.1 Å². The number of nitrogens with two attached hydrogens (primary N) is 1. The van der Waals surface area contributed by atoms with Gasteiger partial charge in [-0.15, -0.1) is 0 Å². The normalized spacial score (nSPS) is 22.6. The number of amides is 1. The molecule has 1 aliphatic heterocycles. The molecule has 3 aromatic rings. The fraction of sp³-hybridized carbons (Fsp3) is 0.333. The second-order valence-electron chi connectivity index (χ2n) is 9.89. The maximum absolute atomic E-state index is 16.0. The minimum absolute atomic E-state index is 0.225. The van der Waals surface area contributed by atoms with Crippen LogP contribution in [0.3, 0.4) is 0 Å². The van der Waals surface area contributed by atoms with Crippen molar-refractivity contribution in [3.05, 3.63) is 64.2 Å². The molecule has 0 unspecified atom stereocenters. The van der Waals surface area contributed by atoms with E-state index in [1.807, 2.05) is 13.8 Å². The number of primary amides is 1. The van der Waals surface area contributed by atoms with Gasteiger partial charge < -0.3 is 11.1 Å². The van der Waals surface area contributed by atoms with Gasteiger partial charge in [-0.1, -0.05) is 30.7 Å². The number of benzene rings is 1. The molecule has 5 rings (SSSR count). The van der Waals surface area contributed by atoms with E-state index in [0.29, 0.717) is 52.6 Å². The summed E-state index contributed by atoms with van der Waals surface area (Å²) in [6, 6.07) is 9.04. The van der Waals surface area contributed by atoms with Crippen LogP contribution in [0, 0.1) is 29.5 Å². The maximum Gasteiger partial charge on any atom is 0.223 e. The van der Waals surface area contributed by atoms with Crippen molar-refractivity contribution in [3.63, 3.8) is 0 Å². The third-order valence-corrected chi connectivity index (χ3v) is 8.14. The molecule has 2 aliphatic rings. The first-order chi connectivity index (χ1) is 16.7. The molecule has 1 spiro atoms. The lowest BCUT2D eigenvalue weighted by Gasteiger charge is -2.27. The first-order valence-electron chi connectivity index (χ1n) is 11.5. The number of anilines is 1. The van der Waals surface area contributed by atoms with E-state index in [2.05, 4.69) is 21.4 Å². The molecule has 0 radical (unpaired) electrons. The largest absolute Gasteiger partial charge is 0.369 e. The van der Waals surface area contributed by atoms with Crippen LogP contribution in [0.25, 0.3) is 22.4 Å².